The maximum atomic E-state index is 13.1. The highest BCUT2D eigenvalue weighted by Crippen LogP contribution is 2.28. The molecule has 1 heterocycles. The summed E-state index contributed by atoms with van der Waals surface area (Å²) in [5.74, 6) is -1.51. The van der Waals surface area contributed by atoms with Gasteiger partial charge in [0.05, 0.1) is 0 Å². The maximum absolute atomic E-state index is 13.1. The van der Waals surface area contributed by atoms with Gasteiger partial charge >= 0.3 is 0 Å². The molecular formula is C9H4ClF2NOS. The largest absolute Gasteiger partial charge is 0.428 e. The normalized spacial score (nSPS) is 10.3. The number of halogens is 3. The molecule has 0 amide bonds. The van der Waals surface area contributed by atoms with E-state index < -0.39 is 11.6 Å². The molecule has 6 heteroatoms. The summed E-state index contributed by atoms with van der Waals surface area (Å²) >= 11 is 6.69. The summed E-state index contributed by atoms with van der Waals surface area (Å²) in [6, 6.07) is 3.04. The molecule has 0 aliphatic heterocycles. The van der Waals surface area contributed by atoms with E-state index in [-0.39, 0.29) is 16.1 Å². The van der Waals surface area contributed by atoms with Crippen LogP contribution in [0.4, 0.5) is 8.78 Å². The van der Waals surface area contributed by atoms with Crippen LogP contribution >= 0.6 is 22.9 Å². The third kappa shape index (κ3) is 2.43. The molecule has 0 N–H and O–H groups in total. The molecule has 1 aromatic heterocycles. The molecule has 0 fully saturated rings. The Hall–Kier alpha value is -1.20. The number of ether oxygens (including phenoxy) is 1. The van der Waals surface area contributed by atoms with Gasteiger partial charge in [0.2, 0.25) is 0 Å². The fraction of sp³-hybridized carbons (Fsp3) is 0. The lowest BCUT2D eigenvalue weighted by Gasteiger charge is -2.02. The van der Waals surface area contributed by atoms with E-state index in [4.69, 9.17) is 16.3 Å². The van der Waals surface area contributed by atoms with E-state index in [0.29, 0.717) is 0 Å². The minimum absolute atomic E-state index is 0.0811. The van der Waals surface area contributed by atoms with Crippen molar-refractivity contribution in [2.75, 3.05) is 0 Å². The van der Waals surface area contributed by atoms with E-state index in [9.17, 15) is 8.78 Å². The summed E-state index contributed by atoms with van der Waals surface area (Å²) in [6.07, 6.45) is 0. The molecule has 2 aromatic rings. The predicted octanol–water partition coefficient (Wildman–Crippen LogP) is 3.87. The van der Waals surface area contributed by atoms with Crippen molar-refractivity contribution in [3.63, 3.8) is 0 Å². The first-order chi connectivity index (χ1) is 7.15. The lowest BCUT2D eigenvalue weighted by atomic mass is 10.3. The number of hydrogen-bond donors (Lipinski definition) is 0. The molecule has 0 unspecified atom stereocenters. The fourth-order valence-corrected chi connectivity index (χ4v) is 1.74. The van der Waals surface area contributed by atoms with Crippen LogP contribution < -0.4 is 4.74 Å². The first-order valence-corrected chi connectivity index (χ1v) is 5.15. The van der Waals surface area contributed by atoms with Gasteiger partial charge in [-0.05, 0) is 12.1 Å². The molecule has 2 rings (SSSR count). The topological polar surface area (TPSA) is 22.1 Å². The summed E-state index contributed by atoms with van der Waals surface area (Å²) in [7, 11) is 0. The van der Waals surface area contributed by atoms with Crippen molar-refractivity contribution >= 4 is 22.9 Å². The molecule has 0 spiro atoms. The summed E-state index contributed by atoms with van der Waals surface area (Å²) in [5.41, 5.74) is 0. The molecule has 0 bridgehead atoms. The van der Waals surface area contributed by atoms with E-state index in [2.05, 4.69) is 4.98 Å². The first-order valence-electron chi connectivity index (χ1n) is 3.89. The first kappa shape index (κ1) is 10.3. The second-order valence-electron chi connectivity index (χ2n) is 2.61. The zero-order valence-corrected chi connectivity index (χ0v) is 8.78. The maximum Gasteiger partial charge on any atom is 0.280 e. The van der Waals surface area contributed by atoms with Crippen LogP contribution in [0.2, 0.25) is 5.15 Å². The molecule has 1 aromatic carbocycles. The molecule has 15 heavy (non-hydrogen) atoms. The van der Waals surface area contributed by atoms with Crippen molar-refractivity contribution in [3.8, 4) is 10.9 Å². The molecule has 0 aliphatic rings. The average molecular weight is 248 g/mol. The van der Waals surface area contributed by atoms with Crippen molar-refractivity contribution in [2.24, 2.45) is 0 Å². The van der Waals surface area contributed by atoms with Crippen LogP contribution in [0.15, 0.2) is 23.6 Å². The van der Waals surface area contributed by atoms with Crippen LogP contribution in [-0.2, 0) is 0 Å². The number of thiazole rings is 1. The molecule has 0 atom stereocenters. The summed E-state index contributed by atoms with van der Waals surface area (Å²) in [5, 5.41) is 2.04. The highest BCUT2D eigenvalue weighted by molar-refractivity contribution is 7.11. The van der Waals surface area contributed by atoms with Gasteiger partial charge in [-0.3, -0.25) is 0 Å². The smallest absolute Gasteiger partial charge is 0.280 e. The van der Waals surface area contributed by atoms with Crippen molar-refractivity contribution < 1.29 is 13.5 Å². The monoisotopic (exact) mass is 247 g/mol. The molecule has 2 nitrogen and oxygen atoms in total. The number of nitrogens with zero attached hydrogens (tertiary/aromatic N) is 1. The number of benzene rings is 1. The Morgan fingerprint density at radius 1 is 1.33 bits per heavy atom. The van der Waals surface area contributed by atoms with Gasteiger partial charge in [-0.25, -0.2) is 8.78 Å². The minimum Gasteiger partial charge on any atom is -0.428 e. The van der Waals surface area contributed by atoms with Gasteiger partial charge < -0.3 is 4.74 Å². The lowest BCUT2D eigenvalue weighted by Crippen LogP contribution is -1.88. The molecule has 78 valence electrons. The van der Waals surface area contributed by atoms with E-state index in [1.165, 1.54) is 6.07 Å². The third-order valence-corrected chi connectivity index (χ3v) is 2.59. The number of rotatable bonds is 2. The minimum atomic E-state index is -0.777. The second kappa shape index (κ2) is 4.12. The van der Waals surface area contributed by atoms with Crippen LogP contribution in [0.1, 0.15) is 0 Å². The predicted molar refractivity (Wildman–Crippen MR) is 53.6 cm³/mol. The highest BCUT2D eigenvalue weighted by Gasteiger charge is 2.08. The average Bonchev–Trinajstić information content (AvgIpc) is 2.56. The van der Waals surface area contributed by atoms with E-state index >= 15 is 0 Å². The Labute approximate surface area is 93.1 Å². The van der Waals surface area contributed by atoms with Gasteiger partial charge in [0.25, 0.3) is 5.19 Å². The Balaban J connectivity index is 2.24. The van der Waals surface area contributed by atoms with Crippen LogP contribution in [0.3, 0.4) is 0 Å². The zero-order valence-electron chi connectivity index (χ0n) is 7.21. The van der Waals surface area contributed by atoms with Gasteiger partial charge in [0.15, 0.2) is 11.6 Å². The van der Waals surface area contributed by atoms with Gasteiger partial charge in [-0.15, -0.1) is 0 Å². The van der Waals surface area contributed by atoms with E-state index in [1.54, 1.807) is 5.38 Å². The highest BCUT2D eigenvalue weighted by atomic mass is 35.5. The van der Waals surface area contributed by atoms with Crippen molar-refractivity contribution in [1.29, 1.82) is 0 Å². The van der Waals surface area contributed by atoms with Crippen LogP contribution in [0.5, 0.6) is 10.9 Å². The SMILES string of the molecule is Fc1ccc(Oc2nc(Cl)cs2)c(F)c1. The van der Waals surface area contributed by atoms with Crippen LogP contribution in [0, 0.1) is 11.6 Å². The van der Waals surface area contributed by atoms with Crippen molar-refractivity contribution in [2.45, 2.75) is 0 Å². The molecular weight excluding hydrogens is 244 g/mol. The Kier molecular flexibility index (Phi) is 2.83. The molecule has 0 radical (unpaired) electrons. The number of aromatic nitrogens is 1. The van der Waals surface area contributed by atoms with Crippen molar-refractivity contribution in [3.05, 3.63) is 40.4 Å². The van der Waals surface area contributed by atoms with Gasteiger partial charge in [0.1, 0.15) is 11.0 Å². The third-order valence-electron chi connectivity index (χ3n) is 1.55. The molecule has 0 aliphatic carbocycles. The summed E-state index contributed by atoms with van der Waals surface area (Å²) in [6.45, 7) is 0. The Morgan fingerprint density at radius 3 is 2.73 bits per heavy atom. The van der Waals surface area contributed by atoms with Crippen LogP contribution in [0.25, 0.3) is 0 Å². The van der Waals surface area contributed by atoms with E-state index in [1.807, 2.05) is 0 Å². The van der Waals surface area contributed by atoms with Gasteiger partial charge in [-0.2, -0.15) is 4.98 Å². The zero-order chi connectivity index (χ0) is 10.8. The second-order valence-corrected chi connectivity index (χ2v) is 3.82. The number of hydrogen-bond acceptors (Lipinski definition) is 3. The Morgan fingerprint density at radius 2 is 2.13 bits per heavy atom. The lowest BCUT2D eigenvalue weighted by molar-refractivity contribution is 0.435. The van der Waals surface area contributed by atoms with E-state index in [0.717, 1.165) is 23.5 Å². The molecule has 0 saturated heterocycles. The van der Waals surface area contributed by atoms with Gasteiger partial charge in [0, 0.05) is 11.4 Å². The van der Waals surface area contributed by atoms with Gasteiger partial charge in [-0.1, -0.05) is 22.9 Å². The Bertz CT molecular complexity index is 489. The summed E-state index contributed by atoms with van der Waals surface area (Å²) < 4.78 is 30.7. The van der Waals surface area contributed by atoms with Crippen molar-refractivity contribution in [1.82, 2.24) is 4.98 Å². The van der Waals surface area contributed by atoms with Crippen LogP contribution in [-0.4, -0.2) is 4.98 Å². The summed E-state index contributed by atoms with van der Waals surface area (Å²) in [4.78, 5) is 3.77. The molecule has 0 saturated carbocycles. The standard InChI is InChI=1S/C9H4ClF2NOS/c10-8-4-15-9(13-8)14-7-2-1-5(11)3-6(7)12/h1-4H. The quantitative estimate of drug-likeness (QED) is 0.804. The fourth-order valence-electron chi connectivity index (χ4n) is 0.938.